The SMILES string of the molecule is CNC(=O)C(C)(C)CS. The average Bonchev–Trinajstić information content (AvgIpc) is 1.86. The normalized spacial score (nSPS) is 11.1. The summed E-state index contributed by atoms with van der Waals surface area (Å²) < 4.78 is 0. The summed E-state index contributed by atoms with van der Waals surface area (Å²) in [6, 6.07) is 0. The van der Waals surface area contributed by atoms with Crippen LogP contribution in [0.25, 0.3) is 0 Å². The molecule has 0 aromatic rings. The first-order valence-corrected chi connectivity index (χ1v) is 3.51. The van der Waals surface area contributed by atoms with Crippen LogP contribution in [-0.2, 0) is 4.79 Å². The molecule has 54 valence electrons. The standard InChI is InChI=1S/C6H13NOS/c1-6(2,4-9)5(8)7-3/h9H,4H2,1-3H3,(H,7,8). The molecule has 9 heavy (non-hydrogen) atoms. The molecule has 3 heteroatoms. The molecule has 0 bridgehead atoms. The van der Waals surface area contributed by atoms with Crippen molar-refractivity contribution in [2.45, 2.75) is 13.8 Å². The van der Waals surface area contributed by atoms with Crippen LogP contribution in [0.1, 0.15) is 13.8 Å². The number of hydrogen-bond donors (Lipinski definition) is 2. The molecule has 0 saturated carbocycles. The lowest BCUT2D eigenvalue weighted by Crippen LogP contribution is -2.35. The summed E-state index contributed by atoms with van der Waals surface area (Å²) in [6.45, 7) is 3.72. The minimum Gasteiger partial charge on any atom is -0.359 e. The van der Waals surface area contributed by atoms with E-state index in [0.29, 0.717) is 5.75 Å². The van der Waals surface area contributed by atoms with Gasteiger partial charge in [-0.3, -0.25) is 4.79 Å². The highest BCUT2D eigenvalue weighted by Crippen LogP contribution is 2.15. The van der Waals surface area contributed by atoms with E-state index in [-0.39, 0.29) is 11.3 Å². The number of rotatable bonds is 2. The minimum absolute atomic E-state index is 0.0394. The van der Waals surface area contributed by atoms with Gasteiger partial charge in [-0.25, -0.2) is 0 Å². The Morgan fingerprint density at radius 1 is 1.67 bits per heavy atom. The summed E-state index contributed by atoms with van der Waals surface area (Å²) in [5, 5.41) is 2.57. The van der Waals surface area contributed by atoms with Crippen molar-refractivity contribution in [3.63, 3.8) is 0 Å². The van der Waals surface area contributed by atoms with Crippen molar-refractivity contribution >= 4 is 18.5 Å². The number of nitrogens with one attached hydrogen (secondary N) is 1. The molecule has 0 radical (unpaired) electrons. The Morgan fingerprint density at radius 2 is 2.11 bits per heavy atom. The monoisotopic (exact) mass is 147 g/mol. The van der Waals surface area contributed by atoms with Crippen molar-refractivity contribution in [3.8, 4) is 0 Å². The smallest absolute Gasteiger partial charge is 0.226 e. The van der Waals surface area contributed by atoms with Gasteiger partial charge in [0.25, 0.3) is 0 Å². The van der Waals surface area contributed by atoms with E-state index in [2.05, 4.69) is 17.9 Å². The van der Waals surface area contributed by atoms with Crippen molar-refractivity contribution in [1.29, 1.82) is 0 Å². The number of carbonyl (C=O) groups excluding carboxylic acids is 1. The first-order valence-electron chi connectivity index (χ1n) is 2.87. The van der Waals surface area contributed by atoms with Crippen LogP contribution in [0, 0.1) is 5.41 Å². The van der Waals surface area contributed by atoms with Gasteiger partial charge in [0, 0.05) is 12.8 Å². The van der Waals surface area contributed by atoms with Gasteiger partial charge in [-0.05, 0) is 0 Å². The highest BCUT2D eigenvalue weighted by atomic mass is 32.1. The van der Waals surface area contributed by atoms with Crippen molar-refractivity contribution in [3.05, 3.63) is 0 Å². The second-order valence-corrected chi connectivity index (χ2v) is 2.94. The molecule has 0 atom stereocenters. The van der Waals surface area contributed by atoms with Crippen molar-refractivity contribution in [2.75, 3.05) is 12.8 Å². The van der Waals surface area contributed by atoms with Gasteiger partial charge in [0.2, 0.25) is 5.91 Å². The molecule has 2 nitrogen and oxygen atoms in total. The summed E-state index contributed by atoms with van der Waals surface area (Å²) in [5.41, 5.74) is -0.335. The average molecular weight is 147 g/mol. The van der Waals surface area contributed by atoms with Crippen LogP contribution in [0.3, 0.4) is 0 Å². The lowest BCUT2D eigenvalue weighted by molar-refractivity contribution is -0.127. The molecule has 0 aliphatic rings. The van der Waals surface area contributed by atoms with Crippen LogP contribution in [0.15, 0.2) is 0 Å². The molecule has 0 aromatic carbocycles. The molecule has 0 rings (SSSR count). The zero-order valence-corrected chi connectivity index (χ0v) is 6.96. The maximum absolute atomic E-state index is 10.9. The Bertz CT molecular complexity index is 112. The van der Waals surface area contributed by atoms with Gasteiger partial charge in [-0.1, -0.05) is 13.8 Å². The molecule has 0 aliphatic heterocycles. The zero-order valence-electron chi connectivity index (χ0n) is 6.06. The molecule has 1 N–H and O–H groups in total. The van der Waals surface area contributed by atoms with Crippen LogP contribution in [0.5, 0.6) is 0 Å². The fraction of sp³-hybridized carbons (Fsp3) is 0.833. The van der Waals surface area contributed by atoms with Crippen LogP contribution in [-0.4, -0.2) is 18.7 Å². The Hall–Kier alpha value is -0.180. The Morgan fingerprint density at radius 3 is 2.22 bits per heavy atom. The van der Waals surface area contributed by atoms with Crippen molar-refractivity contribution in [1.82, 2.24) is 5.32 Å². The van der Waals surface area contributed by atoms with E-state index in [9.17, 15) is 4.79 Å². The highest BCUT2D eigenvalue weighted by Gasteiger charge is 2.23. The van der Waals surface area contributed by atoms with Gasteiger partial charge in [0.1, 0.15) is 0 Å². The van der Waals surface area contributed by atoms with Gasteiger partial charge in [-0.2, -0.15) is 12.6 Å². The Kier molecular flexibility index (Phi) is 3.04. The second kappa shape index (κ2) is 3.11. The summed E-state index contributed by atoms with van der Waals surface area (Å²) >= 11 is 4.03. The molecule has 0 fully saturated rings. The van der Waals surface area contributed by atoms with Crippen LogP contribution in [0.2, 0.25) is 0 Å². The largest absolute Gasteiger partial charge is 0.359 e. The van der Waals surface area contributed by atoms with E-state index in [1.165, 1.54) is 0 Å². The van der Waals surface area contributed by atoms with Crippen LogP contribution in [0.4, 0.5) is 0 Å². The number of carbonyl (C=O) groups is 1. The fourth-order valence-corrected chi connectivity index (χ4v) is 0.554. The molecule has 1 amide bonds. The fourth-order valence-electron chi connectivity index (χ4n) is 0.410. The predicted octanol–water partition coefficient (Wildman–Crippen LogP) is 0.688. The maximum atomic E-state index is 10.9. The predicted molar refractivity (Wildman–Crippen MR) is 41.7 cm³/mol. The molecular weight excluding hydrogens is 134 g/mol. The van der Waals surface area contributed by atoms with Crippen LogP contribution < -0.4 is 5.32 Å². The van der Waals surface area contributed by atoms with E-state index in [4.69, 9.17) is 0 Å². The first-order chi connectivity index (χ1) is 4.04. The quantitative estimate of drug-likeness (QED) is 0.553. The summed E-state index contributed by atoms with van der Waals surface area (Å²) in [4.78, 5) is 10.9. The van der Waals surface area contributed by atoms with Crippen LogP contribution >= 0.6 is 12.6 Å². The Labute approximate surface area is 61.4 Å². The van der Waals surface area contributed by atoms with E-state index in [0.717, 1.165) is 0 Å². The molecule has 0 spiro atoms. The van der Waals surface area contributed by atoms with Gasteiger partial charge in [0.15, 0.2) is 0 Å². The van der Waals surface area contributed by atoms with E-state index >= 15 is 0 Å². The third-order valence-electron chi connectivity index (χ3n) is 1.24. The van der Waals surface area contributed by atoms with Crippen molar-refractivity contribution < 1.29 is 4.79 Å². The van der Waals surface area contributed by atoms with Gasteiger partial charge >= 0.3 is 0 Å². The highest BCUT2D eigenvalue weighted by molar-refractivity contribution is 7.80. The lowest BCUT2D eigenvalue weighted by atomic mass is 9.95. The molecule has 0 aliphatic carbocycles. The second-order valence-electron chi connectivity index (χ2n) is 2.62. The molecule has 0 unspecified atom stereocenters. The number of thiol groups is 1. The van der Waals surface area contributed by atoms with Gasteiger partial charge < -0.3 is 5.32 Å². The number of hydrogen-bond acceptors (Lipinski definition) is 2. The zero-order chi connectivity index (χ0) is 7.49. The van der Waals surface area contributed by atoms with Gasteiger partial charge in [0.05, 0.1) is 5.41 Å². The maximum Gasteiger partial charge on any atom is 0.226 e. The molecule has 0 aromatic heterocycles. The van der Waals surface area contributed by atoms with Gasteiger partial charge in [-0.15, -0.1) is 0 Å². The third-order valence-corrected chi connectivity index (χ3v) is 2.03. The van der Waals surface area contributed by atoms with Crippen molar-refractivity contribution in [2.24, 2.45) is 5.41 Å². The van der Waals surface area contributed by atoms with E-state index < -0.39 is 0 Å². The molecular formula is C6H13NOS. The summed E-state index contributed by atoms with van der Waals surface area (Å²) in [6.07, 6.45) is 0. The number of amides is 1. The first kappa shape index (κ1) is 8.82. The summed E-state index contributed by atoms with van der Waals surface area (Å²) in [5.74, 6) is 0.615. The third kappa shape index (κ3) is 2.26. The van der Waals surface area contributed by atoms with E-state index in [1.807, 2.05) is 13.8 Å². The topological polar surface area (TPSA) is 29.1 Å². The summed E-state index contributed by atoms with van der Waals surface area (Å²) in [7, 11) is 1.63. The lowest BCUT2D eigenvalue weighted by Gasteiger charge is -2.18. The van der Waals surface area contributed by atoms with E-state index in [1.54, 1.807) is 7.05 Å². The Balaban J connectivity index is 3.97. The minimum atomic E-state index is -0.335. The molecule has 0 heterocycles. The molecule has 0 saturated heterocycles.